The fourth-order valence-electron chi connectivity index (χ4n) is 3.90. The van der Waals surface area contributed by atoms with Crippen molar-refractivity contribution in [2.24, 2.45) is 0 Å². The van der Waals surface area contributed by atoms with Crippen molar-refractivity contribution >= 4 is 23.8 Å². The lowest BCUT2D eigenvalue weighted by Gasteiger charge is -2.14. The number of fused-ring (bicyclic) bond motifs is 3. The molecule has 0 heterocycles. The molecular formula is C26H21ClN2O2. The molecule has 0 bridgehead atoms. The highest BCUT2D eigenvalue weighted by molar-refractivity contribution is 6.30. The topological polar surface area (TPSA) is 62.1 Å². The van der Waals surface area contributed by atoms with Crippen LogP contribution in [0.5, 0.6) is 0 Å². The normalized spacial score (nSPS) is 12.3. The second-order valence-corrected chi connectivity index (χ2v) is 7.76. The zero-order valence-electron chi connectivity index (χ0n) is 16.8. The van der Waals surface area contributed by atoms with E-state index in [0.29, 0.717) is 30.2 Å². The van der Waals surface area contributed by atoms with Gasteiger partial charge in [0.15, 0.2) is 0 Å². The van der Waals surface area contributed by atoms with E-state index in [-0.39, 0.29) is 5.92 Å². The molecule has 3 aromatic carbocycles. The molecule has 1 aliphatic carbocycles. The smallest absolute Gasteiger partial charge is 0.407 e. The van der Waals surface area contributed by atoms with Crippen LogP contribution in [0.15, 0.2) is 72.8 Å². The van der Waals surface area contributed by atoms with Crippen LogP contribution < -0.4 is 5.32 Å². The van der Waals surface area contributed by atoms with Gasteiger partial charge in [-0.25, -0.2) is 4.79 Å². The molecule has 4 nitrogen and oxygen atoms in total. The number of nitrogens with zero attached hydrogens (tertiary/aromatic N) is 1. The average molecular weight is 429 g/mol. The van der Waals surface area contributed by atoms with Crippen molar-refractivity contribution in [2.45, 2.75) is 12.3 Å². The van der Waals surface area contributed by atoms with Crippen molar-refractivity contribution in [3.63, 3.8) is 0 Å². The van der Waals surface area contributed by atoms with Crippen LogP contribution in [-0.2, 0) is 4.74 Å². The van der Waals surface area contributed by atoms with E-state index in [1.165, 1.54) is 22.3 Å². The number of ether oxygens (including phenoxy) is 1. The molecule has 0 saturated carbocycles. The third-order valence-corrected chi connectivity index (χ3v) is 5.50. The van der Waals surface area contributed by atoms with Crippen molar-refractivity contribution in [3.05, 3.63) is 100 Å². The second kappa shape index (κ2) is 9.51. The van der Waals surface area contributed by atoms with Crippen molar-refractivity contribution in [1.29, 1.82) is 5.26 Å². The molecule has 0 aliphatic heterocycles. The molecule has 0 radical (unpaired) electrons. The summed E-state index contributed by atoms with van der Waals surface area (Å²) in [5.74, 6) is 0.0511. The first kappa shape index (κ1) is 20.7. The fourth-order valence-corrected chi connectivity index (χ4v) is 4.14. The number of carbonyl (C=O) groups is 1. The molecule has 31 heavy (non-hydrogen) atoms. The molecule has 4 rings (SSSR count). The molecule has 0 fully saturated rings. The first-order valence-electron chi connectivity index (χ1n) is 10.1. The minimum absolute atomic E-state index is 0.0511. The van der Waals surface area contributed by atoms with Gasteiger partial charge in [0.1, 0.15) is 6.61 Å². The molecule has 3 aromatic rings. The maximum Gasteiger partial charge on any atom is 0.407 e. The van der Waals surface area contributed by atoms with Gasteiger partial charge in [0.2, 0.25) is 0 Å². The Kier molecular flexibility index (Phi) is 6.35. The zero-order valence-corrected chi connectivity index (χ0v) is 17.6. The highest BCUT2D eigenvalue weighted by atomic mass is 35.5. The largest absolute Gasteiger partial charge is 0.449 e. The van der Waals surface area contributed by atoms with Gasteiger partial charge in [-0.15, -0.1) is 0 Å². The predicted molar refractivity (Wildman–Crippen MR) is 123 cm³/mol. The van der Waals surface area contributed by atoms with Crippen molar-refractivity contribution < 1.29 is 9.53 Å². The van der Waals surface area contributed by atoms with Gasteiger partial charge in [-0.3, -0.25) is 0 Å². The molecule has 0 atom stereocenters. The summed E-state index contributed by atoms with van der Waals surface area (Å²) in [6.45, 7) is 0.758. The molecule has 0 saturated heterocycles. The number of carbonyl (C=O) groups excluding carboxylic acids is 1. The molecule has 1 N–H and O–H groups in total. The van der Waals surface area contributed by atoms with Gasteiger partial charge in [-0.2, -0.15) is 5.26 Å². The van der Waals surface area contributed by atoms with Gasteiger partial charge in [-0.1, -0.05) is 72.3 Å². The zero-order chi connectivity index (χ0) is 21.6. The first-order chi connectivity index (χ1) is 15.2. The van der Waals surface area contributed by atoms with Gasteiger partial charge in [0.05, 0.1) is 11.6 Å². The molecule has 1 aliphatic rings. The number of nitriles is 1. The van der Waals surface area contributed by atoms with Gasteiger partial charge >= 0.3 is 6.09 Å². The number of rotatable bonds is 6. The Bertz CT molecular complexity index is 1130. The van der Waals surface area contributed by atoms with Crippen molar-refractivity contribution in [1.82, 2.24) is 5.32 Å². The van der Waals surface area contributed by atoms with Gasteiger partial charge < -0.3 is 10.1 Å². The van der Waals surface area contributed by atoms with Gasteiger partial charge in [-0.05, 0) is 52.4 Å². The molecule has 0 spiro atoms. The summed E-state index contributed by atoms with van der Waals surface area (Å²) in [6, 6.07) is 23.8. The SMILES string of the molecule is N#Cc1cc(Cl)cc(C=CCCNC(=O)OCC2c3ccccc3-c3ccccc32)c1. The molecular weight excluding hydrogens is 408 g/mol. The van der Waals surface area contributed by atoms with Crippen LogP contribution in [0.3, 0.4) is 0 Å². The Hall–Kier alpha value is -3.55. The Labute approximate surface area is 186 Å². The van der Waals surface area contributed by atoms with Crippen LogP contribution in [0.2, 0.25) is 5.02 Å². The lowest BCUT2D eigenvalue weighted by molar-refractivity contribution is 0.143. The van der Waals surface area contributed by atoms with Crippen LogP contribution in [0.1, 0.15) is 34.6 Å². The minimum Gasteiger partial charge on any atom is -0.449 e. The Morgan fingerprint density at radius 3 is 2.42 bits per heavy atom. The van der Waals surface area contributed by atoms with Crippen molar-refractivity contribution in [2.75, 3.05) is 13.2 Å². The van der Waals surface area contributed by atoms with Crippen LogP contribution in [0.25, 0.3) is 17.2 Å². The van der Waals surface area contributed by atoms with Crippen LogP contribution in [-0.4, -0.2) is 19.2 Å². The predicted octanol–water partition coefficient (Wildman–Crippen LogP) is 6.15. The Morgan fingerprint density at radius 1 is 1.06 bits per heavy atom. The maximum absolute atomic E-state index is 12.2. The number of hydrogen-bond acceptors (Lipinski definition) is 3. The van der Waals surface area contributed by atoms with E-state index in [1.807, 2.05) is 36.4 Å². The van der Waals surface area contributed by atoms with E-state index in [4.69, 9.17) is 21.6 Å². The summed E-state index contributed by atoms with van der Waals surface area (Å²) in [5, 5.41) is 12.3. The molecule has 5 heteroatoms. The number of amides is 1. The average Bonchev–Trinajstić information content (AvgIpc) is 3.11. The fraction of sp³-hybridized carbons (Fsp3) is 0.154. The van der Waals surface area contributed by atoms with E-state index in [0.717, 1.165) is 5.56 Å². The minimum atomic E-state index is -0.426. The molecule has 0 aromatic heterocycles. The number of hydrogen-bond donors (Lipinski definition) is 1. The summed E-state index contributed by atoms with van der Waals surface area (Å²) in [4.78, 5) is 12.2. The van der Waals surface area contributed by atoms with Gasteiger partial charge in [0, 0.05) is 17.5 Å². The van der Waals surface area contributed by atoms with Crippen LogP contribution >= 0.6 is 11.6 Å². The summed E-state index contributed by atoms with van der Waals surface area (Å²) >= 11 is 6.00. The Balaban J connectivity index is 1.28. The standard InChI is InChI=1S/C26H21ClN2O2/c27-20-14-18(13-19(15-20)16-28)7-5-6-12-29-26(30)31-17-25-23-10-3-1-8-21(23)22-9-2-4-11-24(22)25/h1-5,7-11,13-15,25H,6,12,17H2,(H,29,30). The van der Waals surface area contributed by atoms with Crippen molar-refractivity contribution in [3.8, 4) is 17.2 Å². The van der Waals surface area contributed by atoms with E-state index in [2.05, 4.69) is 35.7 Å². The number of benzene rings is 3. The van der Waals surface area contributed by atoms with E-state index in [1.54, 1.807) is 18.2 Å². The summed E-state index contributed by atoms with van der Waals surface area (Å²) in [7, 11) is 0. The highest BCUT2D eigenvalue weighted by Crippen LogP contribution is 2.44. The lowest BCUT2D eigenvalue weighted by Crippen LogP contribution is -2.26. The third kappa shape index (κ3) is 4.79. The summed E-state index contributed by atoms with van der Waals surface area (Å²) in [5.41, 5.74) is 6.17. The first-order valence-corrected chi connectivity index (χ1v) is 10.5. The number of alkyl carbamates (subject to hydrolysis) is 1. The monoisotopic (exact) mass is 428 g/mol. The van der Waals surface area contributed by atoms with E-state index in [9.17, 15) is 4.79 Å². The second-order valence-electron chi connectivity index (χ2n) is 7.33. The Morgan fingerprint density at radius 2 is 1.74 bits per heavy atom. The molecule has 0 unspecified atom stereocenters. The third-order valence-electron chi connectivity index (χ3n) is 5.28. The molecule has 1 amide bonds. The number of halogens is 1. The lowest BCUT2D eigenvalue weighted by atomic mass is 9.98. The molecule has 154 valence electrons. The quantitative estimate of drug-likeness (QED) is 0.478. The summed E-state index contributed by atoms with van der Waals surface area (Å²) in [6.07, 6.45) is 4.02. The van der Waals surface area contributed by atoms with Gasteiger partial charge in [0.25, 0.3) is 0 Å². The van der Waals surface area contributed by atoms with E-state index < -0.39 is 6.09 Å². The highest BCUT2D eigenvalue weighted by Gasteiger charge is 2.28. The van der Waals surface area contributed by atoms with Crippen LogP contribution in [0, 0.1) is 11.3 Å². The van der Waals surface area contributed by atoms with E-state index >= 15 is 0 Å². The van der Waals surface area contributed by atoms with Crippen LogP contribution in [0.4, 0.5) is 4.79 Å². The summed E-state index contributed by atoms with van der Waals surface area (Å²) < 4.78 is 5.52. The maximum atomic E-state index is 12.2. The number of nitrogens with one attached hydrogen (secondary N) is 1.